The van der Waals surface area contributed by atoms with Crippen LogP contribution in [0.5, 0.6) is 0 Å². The molecule has 0 saturated heterocycles. The first-order chi connectivity index (χ1) is 11.0. The molecular weight excluding hydrogens is 310 g/mol. The number of ketones is 1. The molecule has 0 radical (unpaired) electrons. The smallest absolute Gasteiger partial charge is 0.208 e. The van der Waals surface area contributed by atoms with Crippen molar-refractivity contribution < 1.29 is 13.2 Å². The topological polar surface area (TPSA) is 63.2 Å². The molecule has 0 bridgehead atoms. The van der Waals surface area contributed by atoms with Crippen LogP contribution in [0.15, 0.2) is 60.7 Å². The molecule has 0 spiro atoms. The molecule has 4 nitrogen and oxygen atoms in total. The van der Waals surface area contributed by atoms with E-state index in [1.54, 1.807) is 0 Å². The molecule has 0 atom stereocenters. The summed E-state index contributed by atoms with van der Waals surface area (Å²) < 4.78 is 24.5. The van der Waals surface area contributed by atoms with Crippen LogP contribution in [0.2, 0.25) is 0 Å². The van der Waals surface area contributed by atoms with Crippen LogP contribution >= 0.6 is 0 Å². The second-order valence-corrected chi connectivity index (χ2v) is 7.32. The molecule has 1 N–H and O–H groups in total. The van der Waals surface area contributed by atoms with Gasteiger partial charge in [-0.05, 0) is 17.5 Å². The van der Waals surface area contributed by atoms with Gasteiger partial charge in [-0.1, -0.05) is 60.7 Å². The molecule has 122 valence electrons. The summed E-state index contributed by atoms with van der Waals surface area (Å²) in [4.78, 5) is 12.7. The third-order valence-corrected chi connectivity index (χ3v) is 4.28. The van der Waals surface area contributed by atoms with E-state index in [-0.39, 0.29) is 18.2 Å². The Kier molecular flexibility index (Phi) is 6.07. The minimum Gasteiger partial charge on any atom is -0.299 e. The predicted octanol–water partition coefficient (Wildman–Crippen LogP) is 2.72. The largest absolute Gasteiger partial charge is 0.299 e. The molecular formula is C18H21NO3S. The summed E-state index contributed by atoms with van der Waals surface area (Å²) in [7, 11) is -3.21. The highest BCUT2D eigenvalue weighted by molar-refractivity contribution is 7.88. The zero-order valence-electron chi connectivity index (χ0n) is 13.1. The molecule has 0 aliphatic heterocycles. The minimum absolute atomic E-state index is 0.0951. The Morgan fingerprint density at radius 2 is 1.43 bits per heavy atom. The van der Waals surface area contributed by atoms with Crippen molar-refractivity contribution in [3.8, 4) is 0 Å². The van der Waals surface area contributed by atoms with Crippen molar-refractivity contribution in [3.63, 3.8) is 0 Å². The maximum Gasteiger partial charge on any atom is 0.208 e. The predicted molar refractivity (Wildman–Crippen MR) is 91.8 cm³/mol. The highest BCUT2D eigenvalue weighted by Gasteiger charge is 2.21. The quantitative estimate of drug-likeness (QED) is 0.757. The minimum atomic E-state index is -3.21. The van der Waals surface area contributed by atoms with Gasteiger partial charge in [-0.2, -0.15) is 0 Å². The molecule has 2 aromatic rings. The summed E-state index contributed by atoms with van der Waals surface area (Å²) in [6.07, 6.45) is 1.94. The maximum atomic E-state index is 12.7. The number of sulfonamides is 1. The number of rotatable bonds is 8. The lowest BCUT2D eigenvalue weighted by Crippen LogP contribution is -2.24. The van der Waals surface area contributed by atoms with E-state index in [0.29, 0.717) is 12.8 Å². The second-order valence-electron chi connectivity index (χ2n) is 5.49. The van der Waals surface area contributed by atoms with Crippen molar-refractivity contribution >= 4 is 15.8 Å². The molecule has 0 fully saturated rings. The van der Waals surface area contributed by atoms with Crippen LogP contribution in [0, 0.1) is 0 Å². The van der Waals surface area contributed by atoms with Crippen LogP contribution < -0.4 is 4.72 Å². The Labute approximate surface area is 137 Å². The van der Waals surface area contributed by atoms with Crippen LogP contribution in [0.25, 0.3) is 0 Å². The summed E-state index contributed by atoms with van der Waals surface area (Å²) in [5, 5.41) is 0. The normalized spacial score (nSPS) is 11.6. The lowest BCUT2D eigenvalue weighted by Gasteiger charge is -2.17. The van der Waals surface area contributed by atoms with Crippen molar-refractivity contribution in [2.45, 2.75) is 18.8 Å². The molecule has 0 amide bonds. The molecule has 0 aliphatic carbocycles. The number of hydrogen-bond acceptors (Lipinski definition) is 3. The van der Waals surface area contributed by atoms with E-state index in [1.165, 1.54) is 0 Å². The highest BCUT2D eigenvalue weighted by atomic mass is 32.2. The van der Waals surface area contributed by atoms with Crippen LogP contribution in [0.3, 0.4) is 0 Å². The van der Waals surface area contributed by atoms with Crippen molar-refractivity contribution in [2.24, 2.45) is 0 Å². The Hall–Kier alpha value is -1.98. The monoisotopic (exact) mass is 331 g/mol. The van der Waals surface area contributed by atoms with Crippen molar-refractivity contribution in [1.82, 2.24) is 4.72 Å². The number of nitrogens with one attached hydrogen (secondary N) is 1. The van der Waals surface area contributed by atoms with Gasteiger partial charge in [-0.25, -0.2) is 13.1 Å². The number of carbonyl (C=O) groups excluding carboxylic acids is 1. The van der Waals surface area contributed by atoms with E-state index in [9.17, 15) is 13.2 Å². The van der Waals surface area contributed by atoms with Gasteiger partial charge < -0.3 is 0 Å². The molecule has 0 unspecified atom stereocenters. The highest BCUT2D eigenvalue weighted by Crippen LogP contribution is 2.26. The average molecular weight is 331 g/mol. The average Bonchev–Trinajstić information content (AvgIpc) is 2.53. The Morgan fingerprint density at radius 3 is 1.87 bits per heavy atom. The molecule has 2 aromatic carbocycles. The number of Topliss-reactive ketones (excluding diaryl/α,β-unsaturated/α-hetero) is 1. The first-order valence-corrected chi connectivity index (χ1v) is 9.44. The number of hydrogen-bond donors (Lipinski definition) is 1. The zero-order valence-corrected chi connectivity index (χ0v) is 13.9. The van der Waals surface area contributed by atoms with E-state index in [0.717, 1.165) is 17.4 Å². The van der Waals surface area contributed by atoms with Crippen molar-refractivity contribution in [3.05, 3.63) is 71.8 Å². The van der Waals surface area contributed by atoms with Crippen LogP contribution in [-0.4, -0.2) is 27.0 Å². The summed E-state index contributed by atoms with van der Waals surface area (Å²) in [6, 6.07) is 19.3. The van der Waals surface area contributed by atoms with Crippen LogP contribution in [0.4, 0.5) is 0 Å². The summed E-state index contributed by atoms with van der Waals surface area (Å²) in [6.45, 7) is 0.279. The maximum absolute atomic E-state index is 12.7. The number of carbonyl (C=O) groups is 1. The molecule has 0 aliphatic rings. The van der Waals surface area contributed by atoms with Gasteiger partial charge >= 0.3 is 0 Å². The molecule has 5 heteroatoms. The van der Waals surface area contributed by atoms with E-state index in [2.05, 4.69) is 4.72 Å². The third kappa shape index (κ3) is 5.62. The molecule has 0 saturated carbocycles. The Morgan fingerprint density at radius 1 is 0.957 bits per heavy atom. The molecule has 0 heterocycles. The van der Waals surface area contributed by atoms with Gasteiger partial charge in [0.2, 0.25) is 10.0 Å². The number of benzene rings is 2. The fourth-order valence-electron chi connectivity index (χ4n) is 2.52. The van der Waals surface area contributed by atoms with Gasteiger partial charge in [0.05, 0.1) is 12.2 Å². The second kappa shape index (κ2) is 8.04. The first-order valence-electron chi connectivity index (χ1n) is 7.54. The fourth-order valence-corrected chi connectivity index (χ4v) is 3.03. The lowest BCUT2D eigenvalue weighted by molar-refractivity contribution is -0.119. The van der Waals surface area contributed by atoms with Crippen molar-refractivity contribution in [2.75, 3.05) is 12.8 Å². The third-order valence-electron chi connectivity index (χ3n) is 3.55. The van der Waals surface area contributed by atoms with Gasteiger partial charge in [-0.3, -0.25) is 4.79 Å². The SMILES string of the molecule is CS(=O)(=O)NCCCC(=O)C(c1ccccc1)c1ccccc1. The van der Waals surface area contributed by atoms with Crippen molar-refractivity contribution in [1.29, 1.82) is 0 Å². The van der Waals surface area contributed by atoms with Gasteiger partial charge in [0, 0.05) is 13.0 Å². The molecule has 0 aromatic heterocycles. The Balaban J connectivity index is 2.10. The first kappa shape index (κ1) is 17.4. The van der Waals surface area contributed by atoms with Gasteiger partial charge in [-0.15, -0.1) is 0 Å². The van der Waals surface area contributed by atoms with Gasteiger partial charge in [0.25, 0.3) is 0 Å². The summed E-state index contributed by atoms with van der Waals surface area (Å²) in [5.41, 5.74) is 1.92. The van der Waals surface area contributed by atoms with Crippen LogP contribution in [-0.2, 0) is 14.8 Å². The molecule has 23 heavy (non-hydrogen) atoms. The van der Waals surface area contributed by atoms with Crippen LogP contribution in [0.1, 0.15) is 29.9 Å². The fraction of sp³-hybridized carbons (Fsp3) is 0.278. The van der Waals surface area contributed by atoms with E-state index in [4.69, 9.17) is 0 Å². The Bertz CT molecular complexity index is 688. The van der Waals surface area contributed by atoms with E-state index in [1.807, 2.05) is 60.7 Å². The summed E-state index contributed by atoms with van der Waals surface area (Å²) >= 11 is 0. The van der Waals surface area contributed by atoms with Gasteiger partial charge in [0.15, 0.2) is 0 Å². The van der Waals surface area contributed by atoms with E-state index < -0.39 is 10.0 Å². The summed E-state index contributed by atoms with van der Waals surface area (Å²) in [5.74, 6) is -0.215. The zero-order chi connectivity index (χ0) is 16.7. The molecule has 2 rings (SSSR count). The lowest BCUT2D eigenvalue weighted by atomic mass is 9.86. The van der Waals surface area contributed by atoms with Gasteiger partial charge in [0.1, 0.15) is 5.78 Å². The standard InChI is InChI=1S/C18H21NO3S/c1-23(21,22)19-14-8-13-17(20)18(15-9-4-2-5-10-15)16-11-6-3-7-12-16/h2-7,9-12,18-19H,8,13-14H2,1H3. The van der Waals surface area contributed by atoms with E-state index >= 15 is 0 Å².